The van der Waals surface area contributed by atoms with Crippen molar-refractivity contribution in [3.05, 3.63) is 20.3 Å². The number of hydrogen-bond acceptors (Lipinski definition) is 2. The van der Waals surface area contributed by atoms with Crippen molar-refractivity contribution in [2.45, 2.75) is 31.6 Å². The number of aromatic carboxylic acids is 1. The molecule has 0 bridgehead atoms. The van der Waals surface area contributed by atoms with Crippen LogP contribution >= 0.6 is 27.3 Å². The number of carboxylic acids is 1. The molecule has 1 fully saturated rings. The quantitative estimate of drug-likeness (QED) is 0.889. The van der Waals surface area contributed by atoms with Crippen LogP contribution in [0.5, 0.6) is 0 Å². The highest BCUT2D eigenvalue weighted by Gasteiger charge is 2.25. The van der Waals surface area contributed by atoms with Gasteiger partial charge in [-0.1, -0.05) is 12.8 Å². The molecule has 1 aromatic heterocycles. The molecule has 1 aromatic rings. The average molecular weight is 275 g/mol. The number of thiophene rings is 1. The molecule has 1 saturated carbocycles. The van der Waals surface area contributed by atoms with Gasteiger partial charge in [0.05, 0.1) is 9.35 Å². The Morgan fingerprint density at radius 3 is 2.71 bits per heavy atom. The van der Waals surface area contributed by atoms with Gasteiger partial charge >= 0.3 is 5.97 Å². The van der Waals surface area contributed by atoms with Crippen LogP contribution in [0.25, 0.3) is 0 Å². The van der Waals surface area contributed by atoms with Gasteiger partial charge in [0.25, 0.3) is 0 Å². The lowest BCUT2D eigenvalue weighted by Gasteiger charge is -2.07. The fraction of sp³-hybridized carbons (Fsp3) is 0.500. The summed E-state index contributed by atoms with van der Waals surface area (Å²) in [6.45, 7) is 0. The summed E-state index contributed by atoms with van der Waals surface area (Å²) in [5.41, 5.74) is 1.52. The van der Waals surface area contributed by atoms with Crippen molar-refractivity contribution < 1.29 is 9.90 Å². The van der Waals surface area contributed by atoms with E-state index < -0.39 is 5.97 Å². The van der Waals surface area contributed by atoms with Crippen LogP contribution in [0, 0.1) is 0 Å². The highest BCUT2D eigenvalue weighted by molar-refractivity contribution is 9.11. The minimum atomic E-state index is -0.806. The Bertz CT molecular complexity index is 353. The van der Waals surface area contributed by atoms with Gasteiger partial charge in [-0.2, -0.15) is 0 Å². The summed E-state index contributed by atoms with van der Waals surface area (Å²) in [5.74, 6) is -0.330. The first kappa shape index (κ1) is 10.2. The predicted octanol–water partition coefficient (Wildman–Crippen LogP) is 3.87. The highest BCUT2D eigenvalue weighted by atomic mass is 79.9. The van der Waals surface area contributed by atoms with Crippen molar-refractivity contribution in [2.75, 3.05) is 0 Å². The second-order valence-corrected chi connectivity index (χ2v) is 5.82. The Morgan fingerprint density at radius 2 is 2.14 bits per heavy atom. The smallest absolute Gasteiger partial charge is 0.338 e. The number of halogens is 1. The van der Waals surface area contributed by atoms with Gasteiger partial charge in [0.15, 0.2) is 0 Å². The van der Waals surface area contributed by atoms with E-state index in [0.29, 0.717) is 11.5 Å². The van der Waals surface area contributed by atoms with Gasteiger partial charge in [0.1, 0.15) is 0 Å². The molecule has 0 unspecified atom stereocenters. The van der Waals surface area contributed by atoms with Gasteiger partial charge in [0.2, 0.25) is 0 Å². The second kappa shape index (κ2) is 4.03. The minimum absolute atomic E-state index is 0.476. The zero-order valence-corrected chi connectivity index (χ0v) is 10.0. The molecular formula is C10H11BrO2S. The van der Waals surface area contributed by atoms with Crippen LogP contribution in [0.4, 0.5) is 0 Å². The largest absolute Gasteiger partial charge is 0.478 e. The van der Waals surface area contributed by atoms with Crippen molar-refractivity contribution in [3.8, 4) is 0 Å². The monoisotopic (exact) mass is 274 g/mol. The SMILES string of the molecule is O=C(O)c1c(C2CCCC2)csc1Br. The molecule has 1 N–H and O–H groups in total. The molecule has 0 aliphatic heterocycles. The van der Waals surface area contributed by atoms with E-state index in [1.807, 2.05) is 5.38 Å². The Balaban J connectivity index is 2.37. The summed E-state index contributed by atoms with van der Waals surface area (Å²) in [5, 5.41) is 11.1. The summed E-state index contributed by atoms with van der Waals surface area (Å²) in [6, 6.07) is 0. The van der Waals surface area contributed by atoms with E-state index in [1.54, 1.807) is 0 Å². The van der Waals surface area contributed by atoms with Gasteiger partial charge in [-0.3, -0.25) is 0 Å². The predicted molar refractivity (Wildman–Crippen MR) is 60.2 cm³/mol. The Labute approximate surface area is 95.1 Å². The number of carboxylic acid groups (broad SMARTS) is 1. The Morgan fingerprint density at radius 1 is 1.50 bits per heavy atom. The number of hydrogen-bond donors (Lipinski definition) is 1. The van der Waals surface area contributed by atoms with Crippen LogP contribution in [-0.2, 0) is 0 Å². The normalized spacial score (nSPS) is 17.5. The van der Waals surface area contributed by atoms with Crippen molar-refractivity contribution in [1.29, 1.82) is 0 Å². The van der Waals surface area contributed by atoms with Gasteiger partial charge in [-0.25, -0.2) is 4.79 Å². The van der Waals surface area contributed by atoms with Crippen LogP contribution in [-0.4, -0.2) is 11.1 Å². The van der Waals surface area contributed by atoms with Crippen LogP contribution in [0.3, 0.4) is 0 Å². The molecule has 0 amide bonds. The third kappa shape index (κ3) is 1.73. The van der Waals surface area contributed by atoms with E-state index in [9.17, 15) is 4.79 Å². The van der Waals surface area contributed by atoms with E-state index in [4.69, 9.17) is 5.11 Å². The van der Waals surface area contributed by atoms with Gasteiger partial charge < -0.3 is 5.11 Å². The third-order valence-corrected chi connectivity index (χ3v) is 4.52. The van der Waals surface area contributed by atoms with Crippen LogP contribution in [0.15, 0.2) is 9.17 Å². The molecule has 0 spiro atoms. The zero-order chi connectivity index (χ0) is 10.1. The zero-order valence-electron chi connectivity index (χ0n) is 7.62. The van der Waals surface area contributed by atoms with Crippen molar-refractivity contribution in [1.82, 2.24) is 0 Å². The topological polar surface area (TPSA) is 37.3 Å². The lowest BCUT2D eigenvalue weighted by atomic mass is 9.97. The molecule has 0 aromatic carbocycles. The maximum Gasteiger partial charge on any atom is 0.338 e. The molecule has 0 radical (unpaired) electrons. The summed E-state index contributed by atoms with van der Waals surface area (Å²) >= 11 is 4.78. The van der Waals surface area contributed by atoms with E-state index in [-0.39, 0.29) is 0 Å². The molecule has 1 aliphatic rings. The van der Waals surface area contributed by atoms with E-state index in [2.05, 4.69) is 15.9 Å². The average Bonchev–Trinajstić information content (AvgIpc) is 2.70. The molecular weight excluding hydrogens is 264 g/mol. The van der Waals surface area contributed by atoms with Gasteiger partial charge in [0, 0.05) is 0 Å². The lowest BCUT2D eigenvalue weighted by molar-refractivity contribution is 0.0695. The molecule has 2 rings (SSSR count). The first-order chi connectivity index (χ1) is 6.70. The molecule has 0 saturated heterocycles. The van der Waals surface area contributed by atoms with Crippen LogP contribution in [0.1, 0.15) is 47.5 Å². The van der Waals surface area contributed by atoms with Crippen molar-refractivity contribution in [3.63, 3.8) is 0 Å². The standard InChI is InChI=1S/C10H11BrO2S/c11-9-8(10(12)13)7(5-14-9)6-3-1-2-4-6/h5-6H,1-4H2,(H,12,13). The molecule has 4 heteroatoms. The van der Waals surface area contributed by atoms with Gasteiger partial charge in [-0.05, 0) is 45.6 Å². The maximum absolute atomic E-state index is 11.0. The second-order valence-electron chi connectivity index (χ2n) is 3.63. The fourth-order valence-electron chi connectivity index (χ4n) is 2.09. The molecule has 76 valence electrons. The number of carbonyl (C=O) groups is 1. The van der Waals surface area contributed by atoms with Crippen LogP contribution < -0.4 is 0 Å². The molecule has 1 aliphatic carbocycles. The third-order valence-electron chi connectivity index (χ3n) is 2.78. The molecule has 14 heavy (non-hydrogen) atoms. The fourth-order valence-corrected chi connectivity index (χ4v) is 3.63. The summed E-state index contributed by atoms with van der Waals surface area (Å²) in [6.07, 6.45) is 4.75. The molecule has 2 nitrogen and oxygen atoms in total. The van der Waals surface area contributed by atoms with E-state index >= 15 is 0 Å². The molecule has 0 atom stereocenters. The number of rotatable bonds is 2. The first-order valence-electron chi connectivity index (χ1n) is 4.70. The van der Waals surface area contributed by atoms with Gasteiger partial charge in [-0.15, -0.1) is 11.3 Å². The lowest BCUT2D eigenvalue weighted by Crippen LogP contribution is -2.02. The van der Waals surface area contributed by atoms with E-state index in [0.717, 1.165) is 22.2 Å². The highest BCUT2D eigenvalue weighted by Crippen LogP contribution is 2.40. The van der Waals surface area contributed by atoms with Crippen molar-refractivity contribution in [2.24, 2.45) is 0 Å². The first-order valence-corrected chi connectivity index (χ1v) is 6.37. The summed E-state index contributed by atoms with van der Waals surface area (Å²) < 4.78 is 0.756. The molecule has 1 heterocycles. The van der Waals surface area contributed by atoms with E-state index in [1.165, 1.54) is 24.2 Å². The minimum Gasteiger partial charge on any atom is -0.478 e. The summed E-state index contributed by atoms with van der Waals surface area (Å²) in [4.78, 5) is 11.0. The van der Waals surface area contributed by atoms with Crippen LogP contribution in [0.2, 0.25) is 0 Å². The Kier molecular flexibility index (Phi) is 2.93. The Hall–Kier alpha value is -0.350. The maximum atomic E-state index is 11.0. The van der Waals surface area contributed by atoms with Crippen molar-refractivity contribution >= 4 is 33.2 Å². The summed E-state index contributed by atoms with van der Waals surface area (Å²) in [7, 11) is 0.